The summed E-state index contributed by atoms with van der Waals surface area (Å²) in [4.78, 5) is 14.1. The average molecular weight is 604 g/mol. The SMILES string of the molecule is CCCCN(C)CCCCCCCOc1ccc([C@H]2C[C@@]3(C)[C@@H](CC[C@@H]3O)[C@]3(C)CCc4cc(OC(C)=O)ccc4[C@@H]23)cc1. The Morgan fingerprint density at radius 3 is 2.39 bits per heavy atom. The van der Waals surface area contributed by atoms with Crippen LogP contribution in [0.2, 0.25) is 0 Å². The summed E-state index contributed by atoms with van der Waals surface area (Å²) < 4.78 is 11.6. The van der Waals surface area contributed by atoms with E-state index in [0.29, 0.717) is 23.5 Å². The molecule has 0 aliphatic heterocycles. The Balaban J connectivity index is 1.23. The van der Waals surface area contributed by atoms with E-state index < -0.39 is 0 Å². The molecule has 0 saturated heterocycles. The second kappa shape index (κ2) is 14.4. The van der Waals surface area contributed by atoms with Crippen LogP contribution in [0.15, 0.2) is 42.5 Å². The first kappa shape index (κ1) is 33.0. The summed E-state index contributed by atoms with van der Waals surface area (Å²) in [6.07, 6.45) is 13.6. The molecule has 2 saturated carbocycles. The van der Waals surface area contributed by atoms with Gasteiger partial charge in [0.15, 0.2) is 0 Å². The molecule has 6 atom stereocenters. The molecule has 0 amide bonds. The van der Waals surface area contributed by atoms with Crippen molar-refractivity contribution in [2.45, 2.75) is 123 Å². The van der Waals surface area contributed by atoms with Gasteiger partial charge in [0.25, 0.3) is 0 Å². The fourth-order valence-electron chi connectivity index (χ4n) is 9.35. The number of carbonyl (C=O) groups excluding carboxylic acids is 1. The van der Waals surface area contributed by atoms with Crippen LogP contribution < -0.4 is 9.47 Å². The van der Waals surface area contributed by atoms with Crippen LogP contribution in [0.4, 0.5) is 0 Å². The molecule has 0 unspecified atom stereocenters. The fourth-order valence-corrected chi connectivity index (χ4v) is 9.35. The predicted molar refractivity (Wildman–Crippen MR) is 179 cm³/mol. The molecule has 3 aliphatic carbocycles. The molecule has 2 aromatic rings. The third-order valence-electron chi connectivity index (χ3n) is 11.7. The number of aryl methyl sites for hydroxylation is 1. The number of esters is 1. The van der Waals surface area contributed by atoms with Crippen molar-refractivity contribution in [3.8, 4) is 11.5 Å². The lowest BCUT2D eigenvalue weighted by Crippen LogP contribution is -2.52. The third-order valence-corrected chi connectivity index (χ3v) is 11.7. The minimum absolute atomic E-state index is 0.0782. The van der Waals surface area contributed by atoms with E-state index in [0.717, 1.165) is 50.9 Å². The Kier molecular flexibility index (Phi) is 10.8. The number of hydrogen-bond acceptors (Lipinski definition) is 5. The number of fused-ring (bicyclic) bond motifs is 5. The van der Waals surface area contributed by atoms with Crippen LogP contribution in [-0.2, 0) is 11.2 Å². The molecule has 0 heterocycles. The third kappa shape index (κ3) is 7.04. The van der Waals surface area contributed by atoms with E-state index in [-0.39, 0.29) is 22.9 Å². The van der Waals surface area contributed by atoms with Crippen LogP contribution in [-0.4, -0.2) is 48.8 Å². The first-order valence-corrected chi connectivity index (χ1v) is 17.6. The smallest absolute Gasteiger partial charge is 0.308 e. The zero-order valence-corrected chi connectivity index (χ0v) is 28.1. The maximum absolute atomic E-state index is 11.6. The Labute approximate surface area is 266 Å². The second-order valence-corrected chi connectivity index (χ2v) is 14.7. The lowest BCUT2D eigenvalue weighted by Gasteiger charge is -2.60. The molecule has 0 radical (unpaired) electrons. The zero-order valence-electron chi connectivity index (χ0n) is 28.1. The molecule has 5 nitrogen and oxygen atoms in total. The highest BCUT2D eigenvalue weighted by molar-refractivity contribution is 5.69. The van der Waals surface area contributed by atoms with Gasteiger partial charge in [-0.1, -0.05) is 64.7 Å². The van der Waals surface area contributed by atoms with Crippen molar-refractivity contribution >= 4 is 5.97 Å². The molecule has 0 spiro atoms. The quantitative estimate of drug-likeness (QED) is 0.133. The molecule has 5 rings (SSSR count). The minimum atomic E-state index is -0.277. The first-order valence-electron chi connectivity index (χ1n) is 17.6. The number of hydrogen-bond donors (Lipinski definition) is 1. The molecule has 0 bridgehead atoms. The van der Waals surface area contributed by atoms with E-state index in [2.05, 4.69) is 69.1 Å². The normalized spacial score (nSPS) is 29.2. The minimum Gasteiger partial charge on any atom is -0.494 e. The van der Waals surface area contributed by atoms with Crippen LogP contribution in [0, 0.1) is 16.7 Å². The molecule has 2 fully saturated rings. The molecule has 5 heteroatoms. The lowest BCUT2D eigenvalue weighted by molar-refractivity contribution is -0.131. The largest absolute Gasteiger partial charge is 0.494 e. The standard InChI is InChI=1S/C39H57NO4/c1-6-7-23-40(5)24-11-9-8-10-12-25-43-31-15-13-29(14-16-31)34-27-39(4)35(19-20-36(39)42)38(3)22-21-30-26-32(44-28(2)41)17-18-33(30)37(34)38/h13-18,26,34-37,42H,6-12,19-25,27H2,1-5H3/t34-,35+,36+,37+,38+,39+/m1/s1. The maximum Gasteiger partial charge on any atom is 0.308 e. The summed E-state index contributed by atoms with van der Waals surface area (Å²) in [7, 11) is 2.24. The number of unbranched alkanes of at least 4 members (excludes halogenated alkanes) is 5. The highest BCUT2D eigenvalue weighted by Gasteiger charge is 2.62. The van der Waals surface area contributed by atoms with Gasteiger partial charge in [0.1, 0.15) is 11.5 Å². The first-order chi connectivity index (χ1) is 21.2. The van der Waals surface area contributed by atoms with Crippen molar-refractivity contribution in [3.63, 3.8) is 0 Å². The number of aliphatic hydroxyl groups is 1. The fraction of sp³-hybridized carbons (Fsp3) is 0.667. The Bertz CT molecular complexity index is 1240. The van der Waals surface area contributed by atoms with E-state index in [9.17, 15) is 9.90 Å². The van der Waals surface area contributed by atoms with Crippen molar-refractivity contribution in [2.75, 3.05) is 26.7 Å². The maximum atomic E-state index is 11.6. The van der Waals surface area contributed by atoms with E-state index in [1.54, 1.807) is 0 Å². The molecule has 242 valence electrons. The van der Waals surface area contributed by atoms with Crippen molar-refractivity contribution in [3.05, 3.63) is 59.2 Å². The second-order valence-electron chi connectivity index (χ2n) is 14.7. The average Bonchev–Trinajstić information content (AvgIpc) is 3.31. The molecule has 2 aromatic carbocycles. The number of nitrogens with zero attached hydrogens (tertiary/aromatic N) is 1. The van der Waals surface area contributed by atoms with Gasteiger partial charge >= 0.3 is 5.97 Å². The van der Waals surface area contributed by atoms with Crippen LogP contribution >= 0.6 is 0 Å². The Hall–Kier alpha value is -2.37. The number of rotatable bonds is 14. The molecule has 44 heavy (non-hydrogen) atoms. The van der Waals surface area contributed by atoms with Crippen LogP contribution in [0.5, 0.6) is 11.5 Å². The summed E-state index contributed by atoms with van der Waals surface area (Å²) >= 11 is 0. The van der Waals surface area contributed by atoms with Gasteiger partial charge in [-0.05, 0) is 141 Å². The van der Waals surface area contributed by atoms with Gasteiger partial charge in [0.2, 0.25) is 0 Å². The van der Waals surface area contributed by atoms with Gasteiger partial charge in [0, 0.05) is 6.92 Å². The van der Waals surface area contributed by atoms with E-state index in [1.807, 2.05) is 6.07 Å². The van der Waals surface area contributed by atoms with Crippen molar-refractivity contribution in [2.24, 2.45) is 16.7 Å². The van der Waals surface area contributed by atoms with Crippen LogP contribution in [0.3, 0.4) is 0 Å². The van der Waals surface area contributed by atoms with Gasteiger partial charge in [-0.15, -0.1) is 0 Å². The monoisotopic (exact) mass is 603 g/mol. The van der Waals surface area contributed by atoms with Crippen molar-refractivity contribution in [1.82, 2.24) is 4.90 Å². The lowest BCUT2D eigenvalue weighted by atomic mass is 9.44. The van der Waals surface area contributed by atoms with Crippen LogP contribution in [0.1, 0.15) is 127 Å². The van der Waals surface area contributed by atoms with Crippen molar-refractivity contribution in [1.29, 1.82) is 0 Å². The summed E-state index contributed by atoms with van der Waals surface area (Å²) in [5.41, 5.74) is 4.07. The zero-order chi connectivity index (χ0) is 31.3. The summed E-state index contributed by atoms with van der Waals surface area (Å²) in [5, 5.41) is 11.3. The summed E-state index contributed by atoms with van der Waals surface area (Å²) in [6.45, 7) is 11.8. The van der Waals surface area contributed by atoms with Gasteiger partial charge in [0.05, 0.1) is 12.7 Å². The van der Waals surface area contributed by atoms with Crippen LogP contribution in [0.25, 0.3) is 0 Å². The van der Waals surface area contributed by atoms with E-state index >= 15 is 0 Å². The molecular formula is C39H57NO4. The highest BCUT2D eigenvalue weighted by Crippen LogP contribution is 2.70. The number of aliphatic hydroxyl groups excluding tert-OH is 1. The number of carbonyl (C=O) groups is 1. The molecule has 3 aliphatic rings. The predicted octanol–water partition coefficient (Wildman–Crippen LogP) is 8.67. The van der Waals surface area contributed by atoms with Gasteiger partial charge < -0.3 is 19.5 Å². The molecular weight excluding hydrogens is 546 g/mol. The number of ether oxygens (including phenoxy) is 2. The summed E-state index contributed by atoms with van der Waals surface area (Å²) in [6, 6.07) is 15.2. The Morgan fingerprint density at radius 2 is 1.64 bits per heavy atom. The highest BCUT2D eigenvalue weighted by atomic mass is 16.5. The van der Waals surface area contributed by atoms with Crippen molar-refractivity contribution < 1.29 is 19.4 Å². The molecule has 1 N–H and O–H groups in total. The Morgan fingerprint density at radius 1 is 0.932 bits per heavy atom. The molecule has 0 aromatic heterocycles. The topological polar surface area (TPSA) is 59.0 Å². The van der Waals surface area contributed by atoms with Gasteiger partial charge in [-0.25, -0.2) is 0 Å². The summed E-state index contributed by atoms with van der Waals surface area (Å²) in [5.74, 6) is 2.48. The van der Waals surface area contributed by atoms with E-state index in [4.69, 9.17) is 9.47 Å². The van der Waals surface area contributed by atoms with E-state index in [1.165, 1.54) is 75.2 Å². The number of benzene rings is 2. The van der Waals surface area contributed by atoms with Gasteiger partial charge in [-0.3, -0.25) is 4.79 Å². The van der Waals surface area contributed by atoms with Gasteiger partial charge in [-0.2, -0.15) is 0 Å².